The zero-order valence-electron chi connectivity index (χ0n) is 19.4. The van der Waals surface area contributed by atoms with Gasteiger partial charge < -0.3 is 14.4 Å². The van der Waals surface area contributed by atoms with E-state index in [2.05, 4.69) is 31.0 Å². The second-order valence-electron chi connectivity index (χ2n) is 10.5. The Morgan fingerprint density at radius 2 is 2.03 bits per heavy atom. The number of nitrogens with zero attached hydrogens (tertiary/aromatic N) is 2. The minimum atomic E-state index is -0.140. The van der Waals surface area contributed by atoms with Gasteiger partial charge in [0.1, 0.15) is 5.75 Å². The Morgan fingerprint density at radius 1 is 1.19 bits per heavy atom. The molecule has 1 aliphatic heterocycles. The van der Waals surface area contributed by atoms with E-state index in [1.807, 2.05) is 24.2 Å². The monoisotopic (exact) mass is 424 g/mol. The molecule has 3 aliphatic carbocycles. The molecular weight excluding hydrogens is 388 g/mol. The maximum absolute atomic E-state index is 12.4. The lowest BCUT2D eigenvalue weighted by Gasteiger charge is -2.57. The van der Waals surface area contributed by atoms with Gasteiger partial charge in [0.25, 0.3) is 0 Å². The van der Waals surface area contributed by atoms with Crippen LogP contribution in [0.2, 0.25) is 0 Å². The summed E-state index contributed by atoms with van der Waals surface area (Å²) in [7, 11) is 1.51. The summed E-state index contributed by atoms with van der Waals surface area (Å²) < 4.78 is 10.8. The number of aromatic nitrogens is 1. The molecule has 4 aliphatic rings. The Balaban J connectivity index is 1.40. The van der Waals surface area contributed by atoms with E-state index in [9.17, 15) is 4.79 Å². The molecule has 0 spiro atoms. The lowest BCUT2D eigenvalue weighted by atomic mass is 9.48. The average Bonchev–Trinajstić information content (AvgIpc) is 3.30. The van der Waals surface area contributed by atoms with Crippen LogP contribution in [0.5, 0.6) is 5.75 Å². The van der Waals surface area contributed by atoms with Crippen molar-refractivity contribution in [2.24, 2.45) is 28.6 Å². The van der Waals surface area contributed by atoms with E-state index in [1.54, 1.807) is 0 Å². The van der Waals surface area contributed by atoms with Crippen LogP contribution < -0.4 is 4.74 Å². The van der Waals surface area contributed by atoms with Crippen LogP contribution in [0.4, 0.5) is 4.79 Å². The van der Waals surface area contributed by atoms with Crippen molar-refractivity contribution in [1.82, 2.24) is 9.88 Å². The number of methoxy groups -OCH3 is 1. The Kier molecular flexibility index (Phi) is 5.06. The highest BCUT2D eigenvalue weighted by molar-refractivity contribution is 5.73. The Morgan fingerprint density at radius 3 is 2.81 bits per heavy atom. The molecule has 31 heavy (non-hydrogen) atoms. The summed E-state index contributed by atoms with van der Waals surface area (Å²) in [5, 5.41) is 0. The summed E-state index contributed by atoms with van der Waals surface area (Å²) in [5.41, 5.74) is 3.13. The van der Waals surface area contributed by atoms with E-state index in [1.165, 1.54) is 37.5 Å². The Labute approximate surface area is 186 Å². The van der Waals surface area contributed by atoms with Crippen molar-refractivity contribution in [3.05, 3.63) is 30.1 Å². The number of rotatable bonds is 3. The molecule has 168 valence electrons. The third-order valence-electron chi connectivity index (χ3n) is 9.41. The molecule has 1 aromatic rings. The number of amides is 1. The summed E-state index contributed by atoms with van der Waals surface area (Å²) >= 11 is 0. The van der Waals surface area contributed by atoms with E-state index < -0.39 is 0 Å². The molecule has 1 amide bonds. The van der Waals surface area contributed by atoms with Gasteiger partial charge in [0.2, 0.25) is 0 Å². The van der Waals surface area contributed by atoms with Gasteiger partial charge in [-0.3, -0.25) is 4.98 Å². The van der Waals surface area contributed by atoms with Crippen LogP contribution in [0, 0.1) is 28.6 Å². The van der Waals surface area contributed by atoms with E-state index >= 15 is 0 Å². The number of carbonyl (C=O) groups excluding carboxylic acids is 1. The van der Waals surface area contributed by atoms with Crippen LogP contribution in [0.3, 0.4) is 0 Å². The van der Waals surface area contributed by atoms with Crippen molar-refractivity contribution in [3.8, 4) is 5.75 Å². The van der Waals surface area contributed by atoms with Gasteiger partial charge in [0.15, 0.2) is 0 Å². The Bertz CT molecular complexity index is 898. The summed E-state index contributed by atoms with van der Waals surface area (Å²) in [6.45, 7) is 8.47. The van der Waals surface area contributed by atoms with Crippen molar-refractivity contribution < 1.29 is 14.3 Å². The van der Waals surface area contributed by atoms with Gasteiger partial charge in [-0.1, -0.05) is 19.9 Å². The van der Waals surface area contributed by atoms with E-state index in [-0.39, 0.29) is 16.9 Å². The zero-order chi connectivity index (χ0) is 21.8. The molecule has 0 aromatic carbocycles. The third kappa shape index (κ3) is 3.02. The van der Waals surface area contributed by atoms with Gasteiger partial charge in [0, 0.05) is 18.8 Å². The van der Waals surface area contributed by atoms with Gasteiger partial charge in [-0.2, -0.15) is 0 Å². The molecule has 5 rings (SSSR count). The van der Waals surface area contributed by atoms with Crippen LogP contribution in [-0.2, 0) is 4.74 Å². The number of fused-ring (bicyclic) bond motifs is 5. The van der Waals surface area contributed by atoms with Gasteiger partial charge in [-0.25, -0.2) is 4.79 Å². The van der Waals surface area contributed by atoms with Crippen molar-refractivity contribution in [3.63, 3.8) is 0 Å². The quantitative estimate of drug-likeness (QED) is 0.638. The van der Waals surface area contributed by atoms with Gasteiger partial charge in [-0.05, 0) is 91.2 Å². The van der Waals surface area contributed by atoms with Gasteiger partial charge >= 0.3 is 6.09 Å². The first-order valence-corrected chi connectivity index (χ1v) is 12.1. The normalized spacial score (nSPS) is 38.7. The predicted octanol–water partition coefficient (Wildman–Crippen LogP) is 5.56. The number of pyridine rings is 1. The second kappa shape index (κ2) is 7.53. The number of ether oxygens (including phenoxy) is 2. The summed E-state index contributed by atoms with van der Waals surface area (Å²) in [6.07, 6.45) is 13.2. The minimum Gasteiger partial charge on any atom is -0.492 e. The number of hydrogen-bond donors (Lipinski definition) is 0. The van der Waals surface area contributed by atoms with Crippen molar-refractivity contribution >= 4 is 11.7 Å². The second-order valence-corrected chi connectivity index (χ2v) is 10.5. The number of hydrogen-bond acceptors (Lipinski definition) is 4. The number of carbonyl (C=O) groups is 1. The van der Waals surface area contributed by atoms with Gasteiger partial charge in [-0.15, -0.1) is 0 Å². The lowest BCUT2D eigenvalue weighted by Crippen LogP contribution is -2.54. The summed E-state index contributed by atoms with van der Waals surface area (Å²) in [6, 6.07) is 2.51. The third-order valence-corrected chi connectivity index (χ3v) is 9.41. The van der Waals surface area contributed by atoms with E-state index in [4.69, 9.17) is 9.47 Å². The SMILES string of the molecule is CCOc1cncc(C2=CC[C@H]3[C@@H]4CCC5N(C(=O)OC)CC[C@]5(C)[C@H]4CC[C@]23C)c1. The molecule has 2 saturated carbocycles. The molecule has 5 nitrogen and oxygen atoms in total. The van der Waals surface area contributed by atoms with E-state index in [0.29, 0.717) is 24.5 Å². The number of allylic oxidation sites excluding steroid dienone is 2. The molecule has 0 N–H and O–H groups in total. The molecule has 3 fully saturated rings. The lowest BCUT2D eigenvalue weighted by molar-refractivity contribution is -0.0608. The van der Waals surface area contributed by atoms with Crippen LogP contribution in [0.1, 0.15) is 64.9 Å². The fourth-order valence-electron chi connectivity index (χ4n) is 7.98. The van der Waals surface area contributed by atoms with Crippen molar-refractivity contribution in [2.75, 3.05) is 20.3 Å². The molecule has 0 radical (unpaired) electrons. The molecule has 5 heteroatoms. The van der Waals surface area contributed by atoms with Crippen LogP contribution in [-0.4, -0.2) is 42.3 Å². The topological polar surface area (TPSA) is 51.7 Å². The van der Waals surface area contributed by atoms with Crippen molar-refractivity contribution in [1.29, 1.82) is 0 Å². The first-order valence-electron chi connectivity index (χ1n) is 12.1. The van der Waals surface area contributed by atoms with Crippen LogP contribution in [0.25, 0.3) is 5.57 Å². The first kappa shape index (κ1) is 20.8. The smallest absolute Gasteiger partial charge is 0.409 e. The standard InChI is InChI=1S/C26H36N2O3/c1-5-31-18-14-17(15-27-16-18)20-7-8-21-19-6-9-23-26(3,12-13-28(23)24(29)30-4)22(19)10-11-25(20,21)2/h7,14-16,19,21-23H,5-6,8-13H2,1-4H3/t19-,21-,22-,23?,25+,26+/m0/s1. The Hall–Kier alpha value is -2.04. The summed E-state index contributed by atoms with van der Waals surface area (Å²) in [5.74, 6) is 2.97. The number of likely N-dealkylation sites (tertiary alicyclic amines) is 1. The maximum Gasteiger partial charge on any atom is 0.409 e. The molecule has 2 heterocycles. The fourth-order valence-corrected chi connectivity index (χ4v) is 7.98. The highest BCUT2D eigenvalue weighted by Crippen LogP contribution is 2.66. The molecule has 1 saturated heterocycles. The minimum absolute atomic E-state index is 0.140. The molecule has 6 atom stereocenters. The fraction of sp³-hybridized carbons (Fsp3) is 0.692. The van der Waals surface area contributed by atoms with Gasteiger partial charge in [0.05, 0.1) is 19.9 Å². The highest BCUT2D eigenvalue weighted by atomic mass is 16.5. The predicted molar refractivity (Wildman–Crippen MR) is 121 cm³/mol. The largest absolute Gasteiger partial charge is 0.492 e. The van der Waals surface area contributed by atoms with Crippen LogP contribution in [0.15, 0.2) is 24.5 Å². The maximum atomic E-state index is 12.4. The molecule has 1 unspecified atom stereocenters. The summed E-state index contributed by atoms with van der Waals surface area (Å²) in [4.78, 5) is 18.8. The molecule has 0 bridgehead atoms. The van der Waals surface area contributed by atoms with Crippen molar-refractivity contribution in [2.45, 2.75) is 65.3 Å². The van der Waals surface area contributed by atoms with Crippen LogP contribution >= 0.6 is 0 Å². The molecular formula is C26H36N2O3. The highest BCUT2D eigenvalue weighted by Gasteiger charge is 2.61. The zero-order valence-corrected chi connectivity index (χ0v) is 19.4. The first-order chi connectivity index (χ1) is 14.9. The molecule has 1 aromatic heterocycles. The average molecular weight is 425 g/mol. The van der Waals surface area contributed by atoms with E-state index in [0.717, 1.165) is 37.5 Å².